The first kappa shape index (κ1) is 21.2. The number of aryl methyl sites for hydroxylation is 4. The Morgan fingerprint density at radius 2 is 2.00 bits per heavy atom. The molecule has 0 bridgehead atoms. The highest BCUT2D eigenvalue weighted by atomic mass is 79.9. The normalized spacial score (nSPS) is 16.7. The van der Waals surface area contributed by atoms with E-state index in [-0.39, 0.29) is 11.0 Å². The maximum absolute atomic E-state index is 13.4. The molecule has 3 aromatic heterocycles. The highest BCUT2D eigenvalue weighted by molar-refractivity contribution is 9.10. The zero-order valence-electron chi connectivity index (χ0n) is 18.1. The molecule has 0 unspecified atom stereocenters. The molecule has 1 aliphatic rings. The second kappa shape index (κ2) is 7.30. The van der Waals surface area contributed by atoms with Crippen LogP contribution in [0, 0.1) is 25.2 Å². The van der Waals surface area contributed by atoms with Crippen molar-refractivity contribution in [3.8, 4) is 0 Å². The summed E-state index contributed by atoms with van der Waals surface area (Å²) in [7, 11) is 1.70. The van der Waals surface area contributed by atoms with Crippen LogP contribution in [-0.2, 0) is 19.9 Å². The number of amides is 1. The Morgan fingerprint density at radius 1 is 1.30 bits per heavy atom. The lowest BCUT2D eigenvalue weighted by atomic mass is 9.72. The minimum Gasteiger partial charge on any atom is -0.267 e. The zero-order chi connectivity index (χ0) is 22.0. The number of rotatable bonds is 2. The van der Waals surface area contributed by atoms with Gasteiger partial charge < -0.3 is 0 Å². The number of carbonyl (C=O) groups is 1. The Bertz CT molecular complexity index is 1230. The third kappa shape index (κ3) is 3.41. The molecule has 1 amide bonds. The van der Waals surface area contributed by atoms with E-state index >= 15 is 0 Å². The van der Waals surface area contributed by atoms with Crippen molar-refractivity contribution in [2.24, 2.45) is 18.4 Å². The molecule has 160 valence electrons. The summed E-state index contributed by atoms with van der Waals surface area (Å²) < 4.78 is 3.38. The molecule has 0 fully saturated rings. The van der Waals surface area contributed by atoms with Crippen LogP contribution in [0.1, 0.15) is 59.6 Å². The molecule has 3 heterocycles. The molecular formula is C21H26BrN5O2S. The van der Waals surface area contributed by atoms with E-state index in [0.29, 0.717) is 33.0 Å². The van der Waals surface area contributed by atoms with E-state index < -0.39 is 5.91 Å². The van der Waals surface area contributed by atoms with Gasteiger partial charge in [-0.3, -0.25) is 19.7 Å². The average molecular weight is 492 g/mol. The molecular weight excluding hydrogens is 466 g/mol. The molecule has 0 aliphatic heterocycles. The number of carbonyl (C=O) groups excluding carboxylic acids is 1. The highest BCUT2D eigenvalue weighted by Crippen LogP contribution is 2.42. The molecule has 0 saturated carbocycles. The van der Waals surface area contributed by atoms with E-state index in [1.807, 2.05) is 6.92 Å². The quantitative estimate of drug-likeness (QED) is 0.584. The molecule has 0 spiro atoms. The van der Waals surface area contributed by atoms with E-state index in [0.717, 1.165) is 29.7 Å². The number of fused-ring (bicyclic) bond motifs is 3. The fourth-order valence-electron chi connectivity index (χ4n) is 4.23. The first-order valence-corrected chi connectivity index (χ1v) is 11.6. The zero-order valence-corrected chi connectivity index (χ0v) is 20.5. The van der Waals surface area contributed by atoms with Crippen molar-refractivity contribution in [2.75, 3.05) is 5.43 Å². The van der Waals surface area contributed by atoms with Crippen molar-refractivity contribution in [3.05, 3.63) is 42.5 Å². The van der Waals surface area contributed by atoms with Gasteiger partial charge in [0.2, 0.25) is 0 Å². The minimum absolute atomic E-state index is 0.215. The predicted molar refractivity (Wildman–Crippen MR) is 123 cm³/mol. The van der Waals surface area contributed by atoms with Crippen molar-refractivity contribution in [3.63, 3.8) is 0 Å². The first-order valence-electron chi connectivity index (χ1n) is 10.0. The molecule has 3 aromatic rings. The number of aromatic nitrogens is 4. The lowest BCUT2D eigenvalue weighted by molar-refractivity contribution is 0.0996. The number of nitrogens with one attached hydrogen (secondary N) is 1. The minimum atomic E-state index is -0.409. The number of halogens is 1. The summed E-state index contributed by atoms with van der Waals surface area (Å²) in [6.45, 7) is 10.4. The van der Waals surface area contributed by atoms with Gasteiger partial charge >= 0.3 is 0 Å². The topological polar surface area (TPSA) is 81.8 Å². The van der Waals surface area contributed by atoms with Crippen molar-refractivity contribution in [1.29, 1.82) is 0 Å². The summed E-state index contributed by atoms with van der Waals surface area (Å²) in [5.41, 5.74) is 4.92. The van der Waals surface area contributed by atoms with Crippen LogP contribution in [0.2, 0.25) is 0 Å². The molecule has 4 rings (SSSR count). The second-order valence-corrected chi connectivity index (χ2v) is 11.0. The van der Waals surface area contributed by atoms with Gasteiger partial charge in [0, 0.05) is 11.9 Å². The van der Waals surface area contributed by atoms with Gasteiger partial charge in [0.25, 0.3) is 11.5 Å². The van der Waals surface area contributed by atoms with Crippen molar-refractivity contribution in [2.45, 2.75) is 53.9 Å². The van der Waals surface area contributed by atoms with Crippen LogP contribution < -0.4 is 11.0 Å². The van der Waals surface area contributed by atoms with Gasteiger partial charge in [-0.25, -0.2) is 9.66 Å². The van der Waals surface area contributed by atoms with E-state index in [9.17, 15) is 9.59 Å². The molecule has 1 atom stereocenters. The molecule has 9 heteroatoms. The number of hydrogen-bond donors (Lipinski definition) is 1. The fourth-order valence-corrected chi connectivity index (χ4v) is 6.08. The molecule has 0 radical (unpaired) electrons. The Labute approximate surface area is 187 Å². The fraction of sp³-hybridized carbons (Fsp3) is 0.524. The number of nitrogens with zero attached hydrogens (tertiary/aromatic N) is 4. The third-order valence-corrected chi connectivity index (χ3v) is 8.15. The number of hydrogen-bond acceptors (Lipinski definition) is 5. The van der Waals surface area contributed by atoms with Crippen LogP contribution in [0.4, 0.5) is 0 Å². The van der Waals surface area contributed by atoms with Gasteiger partial charge in [-0.1, -0.05) is 20.8 Å². The summed E-state index contributed by atoms with van der Waals surface area (Å²) in [6, 6.07) is 0. The van der Waals surface area contributed by atoms with E-state index in [1.165, 1.54) is 14.2 Å². The van der Waals surface area contributed by atoms with Crippen molar-refractivity contribution >= 4 is 43.4 Å². The summed E-state index contributed by atoms with van der Waals surface area (Å²) in [4.78, 5) is 33.0. The first-order chi connectivity index (χ1) is 14.0. The third-order valence-electron chi connectivity index (χ3n) is 6.05. The van der Waals surface area contributed by atoms with Gasteiger partial charge in [-0.05, 0) is 65.9 Å². The van der Waals surface area contributed by atoms with Gasteiger partial charge in [0.05, 0.1) is 15.6 Å². The van der Waals surface area contributed by atoms with E-state index in [4.69, 9.17) is 0 Å². The summed E-state index contributed by atoms with van der Waals surface area (Å²) >= 11 is 5.03. The Kier molecular flexibility index (Phi) is 5.17. The summed E-state index contributed by atoms with van der Waals surface area (Å²) in [5, 5.41) is 4.90. The van der Waals surface area contributed by atoms with Gasteiger partial charge in [0.15, 0.2) is 0 Å². The van der Waals surface area contributed by atoms with Crippen molar-refractivity contribution in [1.82, 2.24) is 19.4 Å². The number of thiophene rings is 1. The second-order valence-electron chi connectivity index (χ2n) is 9.10. The van der Waals surface area contributed by atoms with E-state index in [2.05, 4.69) is 52.2 Å². The summed E-state index contributed by atoms with van der Waals surface area (Å²) in [6.07, 6.45) is 2.91. The van der Waals surface area contributed by atoms with Crippen molar-refractivity contribution < 1.29 is 4.79 Å². The Morgan fingerprint density at radius 3 is 2.60 bits per heavy atom. The maximum Gasteiger partial charge on any atom is 0.289 e. The van der Waals surface area contributed by atoms with Crippen LogP contribution in [0.15, 0.2) is 9.27 Å². The largest absolute Gasteiger partial charge is 0.289 e. The van der Waals surface area contributed by atoms with Gasteiger partial charge in [0.1, 0.15) is 16.3 Å². The van der Waals surface area contributed by atoms with Crippen LogP contribution in [-0.4, -0.2) is 25.3 Å². The molecule has 0 aromatic carbocycles. The summed E-state index contributed by atoms with van der Waals surface area (Å²) in [5.74, 6) is 0.640. The predicted octanol–water partition coefficient (Wildman–Crippen LogP) is 4.11. The monoisotopic (exact) mass is 491 g/mol. The van der Waals surface area contributed by atoms with Crippen LogP contribution >= 0.6 is 27.3 Å². The van der Waals surface area contributed by atoms with Crippen LogP contribution in [0.5, 0.6) is 0 Å². The molecule has 0 saturated heterocycles. The van der Waals surface area contributed by atoms with E-state index in [1.54, 1.807) is 25.3 Å². The van der Waals surface area contributed by atoms with Gasteiger partial charge in [-0.2, -0.15) is 5.10 Å². The molecule has 1 aliphatic carbocycles. The van der Waals surface area contributed by atoms with Gasteiger partial charge in [-0.15, -0.1) is 11.3 Å². The van der Waals surface area contributed by atoms with Crippen LogP contribution in [0.25, 0.3) is 10.2 Å². The highest BCUT2D eigenvalue weighted by Gasteiger charge is 2.32. The van der Waals surface area contributed by atoms with Crippen LogP contribution in [0.3, 0.4) is 0 Å². The Hall–Kier alpha value is -2.00. The molecule has 7 nitrogen and oxygen atoms in total. The standard InChI is InChI=1S/C21H26BrN5O2S/c1-10-16(22)17(26(6)24-10)18(28)25-27-11(2)23-19-15(20(27)29)13-8-7-12(21(3,4)5)9-14(13)30-19/h12H,7-9H2,1-6H3,(H,25,28)/t12-/m1/s1. The lowest BCUT2D eigenvalue weighted by Gasteiger charge is -2.33. The molecule has 1 N–H and O–H groups in total. The maximum atomic E-state index is 13.4. The SMILES string of the molecule is Cc1nn(C)c(C(=O)Nn2c(C)nc3sc4c(c3c2=O)CC[C@@H](C(C)(C)C)C4)c1Br. The lowest BCUT2D eigenvalue weighted by Crippen LogP contribution is -2.36. The average Bonchev–Trinajstić information content (AvgIpc) is 3.13. The Balaban J connectivity index is 1.76. The smallest absolute Gasteiger partial charge is 0.267 e. The molecule has 30 heavy (non-hydrogen) atoms.